The summed E-state index contributed by atoms with van der Waals surface area (Å²) in [7, 11) is 0. The van der Waals surface area contributed by atoms with Crippen LogP contribution in [-0.2, 0) is 4.79 Å². The Morgan fingerprint density at radius 3 is 2.43 bits per heavy atom. The summed E-state index contributed by atoms with van der Waals surface area (Å²) >= 11 is 2.12. The second-order valence-corrected chi connectivity index (χ2v) is 6.48. The van der Waals surface area contributed by atoms with E-state index in [9.17, 15) is 4.79 Å². The van der Waals surface area contributed by atoms with Crippen molar-refractivity contribution >= 4 is 50.1 Å². The summed E-state index contributed by atoms with van der Waals surface area (Å²) in [6.45, 7) is 1.98. The van der Waals surface area contributed by atoms with Crippen LogP contribution in [0.5, 0.6) is 5.75 Å². The Bertz CT molecular complexity index is 811. The zero-order chi connectivity index (χ0) is 14.8. The van der Waals surface area contributed by atoms with Gasteiger partial charge in [0.05, 0.1) is 0 Å². The smallest absolute Gasteiger partial charge is 0.324 e. The van der Waals surface area contributed by atoms with Crippen LogP contribution in [0.2, 0.25) is 0 Å². The molecule has 0 radical (unpaired) electrons. The van der Waals surface area contributed by atoms with Crippen LogP contribution in [0.1, 0.15) is 13.3 Å². The van der Waals surface area contributed by atoms with E-state index in [1.165, 1.54) is 5.39 Å². The highest BCUT2D eigenvalue weighted by Crippen LogP contribution is 2.30. The van der Waals surface area contributed by atoms with Crippen LogP contribution in [0.3, 0.4) is 0 Å². The lowest BCUT2D eigenvalue weighted by atomic mass is 10.0. The maximum atomic E-state index is 12.0. The molecule has 0 aliphatic rings. The second-order valence-electron chi connectivity index (χ2n) is 4.97. The summed E-state index contributed by atoms with van der Waals surface area (Å²) in [5.41, 5.74) is 0. The Kier molecular flexibility index (Phi) is 4.10. The van der Waals surface area contributed by atoms with Gasteiger partial charge in [0.25, 0.3) is 0 Å². The van der Waals surface area contributed by atoms with Crippen LogP contribution in [0.4, 0.5) is 0 Å². The van der Waals surface area contributed by atoms with E-state index in [2.05, 4.69) is 46.9 Å². The Hall–Kier alpha value is -1.62. The summed E-state index contributed by atoms with van der Waals surface area (Å²) < 4.78 is 5.47. The third kappa shape index (κ3) is 2.88. The maximum absolute atomic E-state index is 12.0. The summed E-state index contributed by atoms with van der Waals surface area (Å²) in [5.74, 6) is 0.456. The van der Waals surface area contributed by atoms with Crippen LogP contribution in [0.15, 0.2) is 54.6 Å². The largest absolute Gasteiger partial charge is 0.425 e. The van der Waals surface area contributed by atoms with Crippen molar-refractivity contribution in [2.75, 3.05) is 0 Å². The van der Waals surface area contributed by atoms with Crippen molar-refractivity contribution in [3.05, 3.63) is 54.6 Å². The molecule has 0 spiro atoms. The SMILES string of the molecule is CCC(I)C(=O)Oc1cccc2cc3ccccc3cc12. The number of esters is 1. The standard InChI is InChI=1S/C18H15IO2/c1-2-16(19)18(20)21-17-9-5-8-14-10-12-6-3-4-7-13(12)11-15(14)17/h3-11,16H,2H2,1H3. The number of ether oxygens (including phenoxy) is 1. The van der Waals surface area contributed by atoms with Gasteiger partial charge < -0.3 is 4.74 Å². The van der Waals surface area contributed by atoms with Crippen LogP contribution < -0.4 is 4.74 Å². The first kappa shape index (κ1) is 14.3. The van der Waals surface area contributed by atoms with Gasteiger partial charge >= 0.3 is 5.97 Å². The lowest BCUT2D eigenvalue weighted by Crippen LogP contribution is -2.19. The molecule has 0 saturated heterocycles. The summed E-state index contributed by atoms with van der Waals surface area (Å²) in [6.07, 6.45) is 0.771. The minimum absolute atomic E-state index is 0.113. The molecule has 21 heavy (non-hydrogen) atoms. The predicted molar refractivity (Wildman–Crippen MR) is 95.2 cm³/mol. The molecule has 0 N–H and O–H groups in total. The molecule has 3 heteroatoms. The fourth-order valence-corrected chi connectivity index (χ4v) is 2.49. The molecule has 2 nitrogen and oxygen atoms in total. The fourth-order valence-electron chi connectivity index (χ4n) is 2.37. The molecule has 0 aromatic heterocycles. The fraction of sp³-hybridized carbons (Fsp3) is 0.167. The maximum Gasteiger partial charge on any atom is 0.324 e. The molecule has 0 bridgehead atoms. The summed E-state index contributed by atoms with van der Waals surface area (Å²) in [4.78, 5) is 12.0. The lowest BCUT2D eigenvalue weighted by molar-refractivity contribution is -0.133. The average Bonchev–Trinajstić information content (AvgIpc) is 2.52. The molecular formula is C18H15IO2. The van der Waals surface area contributed by atoms with E-state index in [0.29, 0.717) is 5.75 Å². The van der Waals surface area contributed by atoms with Gasteiger partial charge in [-0.1, -0.05) is 65.9 Å². The van der Waals surface area contributed by atoms with Gasteiger partial charge in [-0.3, -0.25) is 4.79 Å². The van der Waals surface area contributed by atoms with Crippen LogP contribution in [-0.4, -0.2) is 9.89 Å². The Morgan fingerprint density at radius 1 is 1.05 bits per heavy atom. The van der Waals surface area contributed by atoms with E-state index in [-0.39, 0.29) is 9.89 Å². The van der Waals surface area contributed by atoms with Gasteiger partial charge in [0.15, 0.2) is 0 Å². The highest BCUT2D eigenvalue weighted by atomic mass is 127. The molecule has 106 valence electrons. The van der Waals surface area contributed by atoms with Crippen molar-refractivity contribution in [3.8, 4) is 5.75 Å². The van der Waals surface area contributed by atoms with E-state index >= 15 is 0 Å². The van der Waals surface area contributed by atoms with Crippen molar-refractivity contribution in [2.24, 2.45) is 0 Å². The van der Waals surface area contributed by atoms with Crippen LogP contribution >= 0.6 is 22.6 Å². The monoisotopic (exact) mass is 390 g/mol. The average molecular weight is 390 g/mol. The quantitative estimate of drug-likeness (QED) is 0.204. The molecule has 0 amide bonds. The van der Waals surface area contributed by atoms with Crippen LogP contribution in [0, 0.1) is 0 Å². The number of benzene rings is 3. The highest BCUT2D eigenvalue weighted by molar-refractivity contribution is 14.1. The molecule has 1 atom stereocenters. The first-order valence-corrected chi connectivity index (χ1v) is 8.21. The first-order valence-electron chi connectivity index (χ1n) is 6.96. The van der Waals surface area contributed by atoms with Crippen LogP contribution in [0.25, 0.3) is 21.5 Å². The van der Waals surface area contributed by atoms with Crippen molar-refractivity contribution in [1.29, 1.82) is 0 Å². The van der Waals surface area contributed by atoms with Crippen molar-refractivity contribution < 1.29 is 9.53 Å². The van der Waals surface area contributed by atoms with Crippen molar-refractivity contribution in [1.82, 2.24) is 0 Å². The van der Waals surface area contributed by atoms with E-state index in [0.717, 1.165) is 22.6 Å². The van der Waals surface area contributed by atoms with Gasteiger partial charge in [0, 0.05) is 5.39 Å². The topological polar surface area (TPSA) is 26.3 Å². The molecule has 0 heterocycles. The lowest BCUT2D eigenvalue weighted by Gasteiger charge is -2.11. The Labute approximate surface area is 137 Å². The number of fused-ring (bicyclic) bond motifs is 2. The van der Waals surface area contributed by atoms with E-state index in [1.54, 1.807) is 0 Å². The zero-order valence-electron chi connectivity index (χ0n) is 11.7. The normalized spacial score (nSPS) is 12.5. The Balaban J connectivity index is 2.10. The zero-order valence-corrected chi connectivity index (χ0v) is 13.8. The predicted octanol–water partition coefficient (Wildman–Crippen LogP) is 5.11. The van der Waals surface area contributed by atoms with E-state index in [4.69, 9.17) is 4.74 Å². The molecule has 0 saturated carbocycles. The Morgan fingerprint density at radius 2 is 1.71 bits per heavy atom. The highest BCUT2D eigenvalue weighted by Gasteiger charge is 2.16. The number of rotatable bonds is 3. The number of carbonyl (C=O) groups excluding carboxylic acids is 1. The molecule has 0 fully saturated rings. The molecule has 0 aliphatic carbocycles. The van der Waals surface area contributed by atoms with Gasteiger partial charge in [-0.2, -0.15) is 0 Å². The number of halogens is 1. The third-order valence-corrected chi connectivity index (χ3v) is 4.92. The van der Waals surface area contributed by atoms with Crippen molar-refractivity contribution in [2.45, 2.75) is 17.3 Å². The minimum Gasteiger partial charge on any atom is -0.425 e. The molecule has 3 aromatic carbocycles. The third-order valence-electron chi connectivity index (χ3n) is 3.53. The van der Waals surface area contributed by atoms with Gasteiger partial charge in [0.2, 0.25) is 0 Å². The van der Waals surface area contributed by atoms with Gasteiger partial charge in [0.1, 0.15) is 9.67 Å². The van der Waals surface area contributed by atoms with E-state index < -0.39 is 0 Å². The summed E-state index contributed by atoms with van der Waals surface area (Å²) in [6, 6.07) is 18.2. The molecule has 1 unspecified atom stereocenters. The van der Waals surface area contributed by atoms with Crippen molar-refractivity contribution in [3.63, 3.8) is 0 Å². The minimum atomic E-state index is -0.182. The molecule has 3 rings (SSSR count). The van der Waals surface area contributed by atoms with E-state index in [1.807, 2.05) is 37.3 Å². The second kappa shape index (κ2) is 6.02. The number of carbonyl (C=O) groups is 1. The molecule has 0 aliphatic heterocycles. The summed E-state index contributed by atoms with van der Waals surface area (Å²) in [5, 5.41) is 4.40. The first-order chi connectivity index (χ1) is 10.2. The number of hydrogen-bond donors (Lipinski definition) is 0. The van der Waals surface area contributed by atoms with Gasteiger partial charge in [-0.15, -0.1) is 0 Å². The number of hydrogen-bond acceptors (Lipinski definition) is 2. The van der Waals surface area contributed by atoms with Gasteiger partial charge in [-0.05, 0) is 40.8 Å². The van der Waals surface area contributed by atoms with Gasteiger partial charge in [-0.25, -0.2) is 0 Å². The number of alkyl halides is 1. The molecule has 3 aromatic rings. The molecular weight excluding hydrogens is 375 g/mol.